The molecule has 4 aromatic rings. The topological polar surface area (TPSA) is 18.8 Å². The van der Waals surface area contributed by atoms with Crippen molar-refractivity contribution in [3.63, 3.8) is 0 Å². The van der Waals surface area contributed by atoms with Gasteiger partial charge in [-0.1, -0.05) is 49.4 Å². The molecule has 33 heavy (non-hydrogen) atoms. The van der Waals surface area contributed by atoms with E-state index in [9.17, 15) is 13.2 Å². The zero-order valence-electron chi connectivity index (χ0n) is 18.0. The molecule has 0 spiro atoms. The number of hydrogen-bond acceptors (Lipinski definition) is 0. The second kappa shape index (κ2) is 8.91. The summed E-state index contributed by atoms with van der Waals surface area (Å²) in [5.74, 6) is 0. The van der Waals surface area contributed by atoms with E-state index in [4.69, 9.17) is 0 Å². The van der Waals surface area contributed by atoms with Crippen molar-refractivity contribution in [3.05, 3.63) is 101 Å². The molecule has 0 aliphatic carbocycles. The molecule has 1 aromatic heterocycles. The van der Waals surface area contributed by atoms with Gasteiger partial charge in [-0.2, -0.15) is 17.7 Å². The summed E-state index contributed by atoms with van der Waals surface area (Å²) in [6.45, 7) is 3.00. The summed E-state index contributed by atoms with van der Waals surface area (Å²) in [4.78, 5) is 3.32. The van der Waals surface area contributed by atoms with Gasteiger partial charge in [-0.15, -0.1) is 0 Å². The van der Waals surface area contributed by atoms with E-state index in [2.05, 4.69) is 34.8 Å². The van der Waals surface area contributed by atoms with E-state index in [1.165, 1.54) is 0 Å². The molecule has 0 saturated carbocycles. The van der Waals surface area contributed by atoms with Crippen LogP contribution >= 0.6 is 0 Å². The van der Waals surface area contributed by atoms with Crippen molar-refractivity contribution in [2.24, 2.45) is 0 Å². The molecule has 5 rings (SSSR count). The molecule has 1 aliphatic heterocycles. The average molecular weight is 467 g/mol. The minimum absolute atomic E-state index is 0. The van der Waals surface area contributed by atoms with Crippen molar-refractivity contribution in [1.82, 2.24) is 4.98 Å². The van der Waals surface area contributed by atoms with E-state index in [1.54, 1.807) is 12.1 Å². The van der Waals surface area contributed by atoms with Gasteiger partial charge in [-0.3, -0.25) is 0 Å². The maximum Gasteiger partial charge on any atom is 0.416 e. The number of aromatic amines is 1. The van der Waals surface area contributed by atoms with Gasteiger partial charge in [0.1, 0.15) is 6.54 Å². The smallest absolute Gasteiger partial charge is 0.416 e. The summed E-state index contributed by atoms with van der Waals surface area (Å²) >= 11 is 0. The third kappa shape index (κ3) is 4.09. The number of benzene rings is 3. The van der Waals surface area contributed by atoms with E-state index in [0.29, 0.717) is 0 Å². The lowest BCUT2D eigenvalue weighted by Crippen LogP contribution is -3.00. The zero-order valence-corrected chi connectivity index (χ0v) is 18.7. The second-order valence-electron chi connectivity index (χ2n) is 7.95. The predicted octanol–water partition coefficient (Wildman–Crippen LogP) is 4.29. The standard InChI is InChI=1S/C27H21F3N2.ClH/c1-2-15-32-17-23(21-8-4-6-10-25(21)32)26(18-11-13-19(14-12-18)27(28,29)30)22-16-31-24-9-5-3-7-20(22)24;/h3-14,16-17H,2,15H2,1H3;1H. The van der Waals surface area contributed by atoms with Crippen LogP contribution in [0.4, 0.5) is 18.9 Å². The third-order valence-electron chi connectivity index (χ3n) is 5.88. The van der Waals surface area contributed by atoms with Gasteiger partial charge in [0.25, 0.3) is 0 Å². The van der Waals surface area contributed by atoms with Crippen LogP contribution in [0, 0.1) is 0 Å². The fourth-order valence-corrected chi connectivity index (χ4v) is 4.43. The molecular formula is C27H22ClF3N2. The van der Waals surface area contributed by atoms with Crippen LogP contribution in [0.15, 0.2) is 79.0 Å². The number of H-pyrrole nitrogens is 1. The van der Waals surface area contributed by atoms with Gasteiger partial charge in [0, 0.05) is 40.7 Å². The summed E-state index contributed by atoms with van der Waals surface area (Å²) in [5.41, 5.74) is 6.20. The van der Waals surface area contributed by atoms with Crippen molar-refractivity contribution in [2.75, 3.05) is 6.54 Å². The Bertz CT molecular complexity index is 1360. The first-order valence-corrected chi connectivity index (χ1v) is 10.7. The van der Waals surface area contributed by atoms with Gasteiger partial charge in [-0.25, -0.2) is 0 Å². The van der Waals surface area contributed by atoms with Gasteiger partial charge in [-0.05, 0) is 29.8 Å². The number of hydrogen-bond donors (Lipinski definition) is 1. The minimum Gasteiger partial charge on any atom is -1.00 e. The molecule has 0 atom stereocenters. The first-order valence-electron chi connectivity index (χ1n) is 10.7. The Kier molecular flexibility index (Phi) is 6.17. The molecule has 0 fully saturated rings. The first-order chi connectivity index (χ1) is 15.5. The van der Waals surface area contributed by atoms with Gasteiger partial charge in [0.2, 0.25) is 5.69 Å². The molecule has 0 unspecified atom stereocenters. The highest BCUT2D eigenvalue weighted by Crippen LogP contribution is 2.41. The number of nitrogens with one attached hydrogen (secondary N) is 1. The zero-order chi connectivity index (χ0) is 22.3. The Morgan fingerprint density at radius 1 is 0.909 bits per heavy atom. The SMILES string of the molecule is CCC[N+]1=C/C(=C(/c2ccc(C(F)(F)F)cc2)c2c[nH]c3ccccc23)c2ccccc21.[Cl-]. The molecule has 2 nitrogen and oxygen atoms in total. The van der Waals surface area contributed by atoms with Crippen LogP contribution in [0.1, 0.15) is 35.6 Å². The summed E-state index contributed by atoms with van der Waals surface area (Å²) in [6.07, 6.45) is 0.698. The monoisotopic (exact) mass is 466 g/mol. The van der Waals surface area contributed by atoms with Gasteiger partial charge < -0.3 is 17.4 Å². The number of fused-ring (bicyclic) bond motifs is 2. The van der Waals surface area contributed by atoms with Gasteiger partial charge in [0.05, 0.1) is 16.7 Å². The number of para-hydroxylation sites is 2. The van der Waals surface area contributed by atoms with E-state index in [0.717, 1.165) is 69.5 Å². The largest absolute Gasteiger partial charge is 1.00 e. The van der Waals surface area contributed by atoms with Crippen LogP contribution in [0.3, 0.4) is 0 Å². The maximum absolute atomic E-state index is 13.2. The predicted molar refractivity (Wildman–Crippen MR) is 123 cm³/mol. The molecule has 168 valence electrons. The van der Waals surface area contributed by atoms with Crippen molar-refractivity contribution < 1.29 is 30.2 Å². The fraction of sp³-hybridized carbons (Fsp3) is 0.148. The number of alkyl halides is 3. The van der Waals surface area contributed by atoms with Crippen LogP contribution in [0.25, 0.3) is 22.0 Å². The van der Waals surface area contributed by atoms with Crippen molar-refractivity contribution in [1.29, 1.82) is 0 Å². The molecule has 1 N–H and O–H groups in total. The van der Waals surface area contributed by atoms with Crippen LogP contribution in [-0.2, 0) is 6.18 Å². The molecule has 0 bridgehead atoms. The Morgan fingerprint density at radius 3 is 2.33 bits per heavy atom. The highest BCUT2D eigenvalue weighted by Gasteiger charge is 2.32. The molecule has 0 radical (unpaired) electrons. The second-order valence-corrected chi connectivity index (χ2v) is 7.95. The van der Waals surface area contributed by atoms with Crippen molar-refractivity contribution in [2.45, 2.75) is 19.5 Å². The molecule has 6 heteroatoms. The third-order valence-corrected chi connectivity index (χ3v) is 5.88. The molecular weight excluding hydrogens is 445 g/mol. The number of nitrogens with zero attached hydrogens (tertiary/aromatic N) is 1. The fourth-order valence-electron chi connectivity index (χ4n) is 4.43. The van der Waals surface area contributed by atoms with Gasteiger partial charge in [0.15, 0.2) is 6.21 Å². The Balaban J connectivity index is 0.00000259. The first kappa shape index (κ1) is 22.9. The number of halogens is 4. The van der Waals surface area contributed by atoms with Crippen LogP contribution in [0.2, 0.25) is 0 Å². The number of allylic oxidation sites excluding steroid dienone is 1. The molecule has 0 amide bonds. The lowest BCUT2D eigenvalue weighted by molar-refractivity contribution is -0.432. The lowest BCUT2D eigenvalue weighted by Gasteiger charge is -2.12. The van der Waals surface area contributed by atoms with Gasteiger partial charge >= 0.3 is 6.18 Å². The molecule has 1 aliphatic rings. The highest BCUT2D eigenvalue weighted by molar-refractivity contribution is 6.25. The van der Waals surface area contributed by atoms with E-state index >= 15 is 0 Å². The normalized spacial score (nSPS) is 14.6. The number of aromatic nitrogens is 1. The van der Waals surface area contributed by atoms with Crippen LogP contribution in [-0.4, -0.2) is 22.3 Å². The number of rotatable bonds is 4. The Hall–Kier alpha value is -3.31. The maximum atomic E-state index is 13.2. The summed E-state index contributed by atoms with van der Waals surface area (Å²) < 4.78 is 41.8. The van der Waals surface area contributed by atoms with Crippen LogP contribution < -0.4 is 12.4 Å². The van der Waals surface area contributed by atoms with E-state index < -0.39 is 11.7 Å². The van der Waals surface area contributed by atoms with E-state index in [-0.39, 0.29) is 12.4 Å². The summed E-state index contributed by atoms with van der Waals surface area (Å²) in [7, 11) is 0. The lowest BCUT2D eigenvalue weighted by atomic mass is 9.89. The Labute approximate surface area is 196 Å². The van der Waals surface area contributed by atoms with Crippen molar-refractivity contribution in [3.8, 4) is 0 Å². The summed E-state index contributed by atoms with van der Waals surface area (Å²) in [6, 6.07) is 21.6. The molecule has 2 heterocycles. The van der Waals surface area contributed by atoms with Crippen LogP contribution in [0.5, 0.6) is 0 Å². The molecule has 0 saturated heterocycles. The van der Waals surface area contributed by atoms with Crippen molar-refractivity contribution >= 4 is 34.0 Å². The Morgan fingerprint density at radius 2 is 1.61 bits per heavy atom. The quantitative estimate of drug-likeness (QED) is 0.433. The highest BCUT2D eigenvalue weighted by atomic mass is 35.5. The van der Waals surface area contributed by atoms with E-state index in [1.807, 2.05) is 42.6 Å². The average Bonchev–Trinajstić information content (AvgIpc) is 3.37. The summed E-state index contributed by atoms with van der Waals surface area (Å²) in [5, 5.41) is 1.04. The minimum atomic E-state index is -4.36. The molecule has 3 aromatic carbocycles.